The number of amides is 1. The van der Waals surface area contributed by atoms with Crippen molar-refractivity contribution in [2.75, 3.05) is 19.6 Å². The molecule has 1 amide bonds. The number of rotatable bonds is 7. The predicted molar refractivity (Wildman–Crippen MR) is 76.4 cm³/mol. The molecule has 1 aromatic rings. The van der Waals surface area contributed by atoms with Gasteiger partial charge in [-0.05, 0) is 33.7 Å². The molecule has 0 aliphatic rings. The van der Waals surface area contributed by atoms with Crippen molar-refractivity contribution in [2.24, 2.45) is 7.05 Å². The van der Waals surface area contributed by atoms with Crippen LogP contribution in [0.3, 0.4) is 0 Å². The van der Waals surface area contributed by atoms with Crippen molar-refractivity contribution in [3.8, 4) is 0 Å². The van der Waals surface area contributed by atoms with Crippen molar-refractivity contribution in [2.45, 2.75) is 39.2 Å². The van der Waals surface area contributed by atoms with Crippen LogP contribution in [0.4, 0.5) is 4.79 Å². The SMILES string of the molecule is Cn1cnnc1CCNCCCNC(=O)OC(C)(C)C. The van der Waals surface area contributed by atoms with Crippen molar-refractivity contribution in [3.63, 3.8) is 0 Å². The number of nitrogens with one attached hydrogen (secondary N) is 2. The van der Waals surface area contributed by atoms with Crippen LogP contribution in [0.5, 0.6) is 0 Å². The molecular weight excluding hydrogens is 258 g/mol. The monoisotopic (exact) mass is 283 g/mol. The highest BCUT2D eigenvalue weighted by atomic mass is 16.6. The van der Waals surface area contributed by atoms with Crippen molar-refractivity contribution < 1.29 is 9.53 Å². The summed E-state index contributed by atoms with van der Waals surface area (Å²) in [5.74, 6) is 0.962. The fraction of sp³-hybridized carbons (Fsp3) is 0.769. The van der Waals surface area contributed by atoms with Crippen LogP contribution in [-0.4, -0.2) is 46.1 Å². The molecule has 1 heterocycles. The second-order valence-electron chi connectivity index (χ2n) is 5.64. The topological polar surface area (TPSA) is 81.1 Å². The van der Waals surface area contributed by atoms with Gasteiger partial charge in [0.05, 0.1) is 0 Å². The number of aromatic nitrogens is 3. The maximum atomic E-state index is 11.4. The molecule has 0 saturated carbocycles. The van der Waals surface area contributed by atoms with Crippen LogP contribution < -0.4 is 10.6 Å². The molecule has 20 heavy (non-hydrogen) atoms. The smallest absolute Gasteiger partial charge is 0.407 e. The van der Waals surface area contributed by atoms with Gasteiger partial charge in [0.1, 0.15) is 17.8 Å². The van der Waals surface area contributed by atoms with Gasteiger partial charge in [-0.2, -0.15) is 0 Å². The fourth-order valence-electron chi connectivity index (χ4n) is 1.58. The molecule has 7 nitrogen and oxygen atoms in total. The van der Waals surface area contributed by atoms with E-state index >= 15 is 0 Å². The van der Waals surface area contributed by atoms with Crippen LogP contribution in [0.1, 0.15) is 33.0 Å². The molecule has 0 saturated heterocycles. The Morgan fingerprint density at radius 3 is 2.70 bits per heavy atom. The van der Waals surface area contributed by atoms with Crippen molar-refractivity contribution in [1.29, 1.82) is 0 Å². The zero-order chi connectivity index (χ0) is 15.0. The Morgan fingerprint density at radius 1 is 1.35 bits per heavy atom. The number of carbonyl (C=O) groups excluding carboxylic acids is 1. The van der Waals surface area contributed by atoms with Gasteiger partial charge in [-0.3, -0.25) is 0 Å². The number of nitrogens with zero attached hydrogens (tertiary/aromatic N) is 3. The zero-order valence-electron chi connectivity index (χ0n) is 12.8. The Morgan fingerprint density at radius 2 is 2.10 bits per heavy atom. The van der Waals surface area contributed by atoms with E-state index in [4.69, 9.17) is 4.74 Å². The van der Waals surface area contributed by atoms with E-state index in [1.165, 1.54) is 0 Å². The van der Waals surface area contributed by atoms with E-state index in [1.54, 1.807) is 6.33 Å². The molecule has 0 aliphatic carbocycles. The molecule has 0 spiro atoms. The molecular formula is C13H25N5O2. The molecule has 0 aromatic carbocycles. The summed E-state index contributed by atoms with van der Waals surface area (Å²) in [6, 6.07) is 0. The third kappa shape index (κ3) is 7.08. The number of alkyl carbamates (subject to hydrolysis) is 1. The van der Waals surface area contributed by atoms with Crippen LogP contribution in [-0.2, 0) is 18.2 Å². The lowest BCUT2D eigenvalue weighted by molar-refractivity contribution is 0.0527. The Labute approximate surface area is 120 Å². The van der Waals surface area contributed by atoms with Gasteiger partial charge >= 0.3 is 6.09 Å². The summed E-state index contributed by atoms with van der Waals surface area (Å²) in [5, 5.41) is 13.9. The second kappa shape index (κ2) is 7.84. The van der Waals surface area contributed by atoms with Gasteiger partial charge in [0.25, 0.3) is 0 Å². The van der Waals surface area contributed by atoms with Crippen LogP contribution in [0, 0.1) is 0 Å². The van der Waals surface area contributed by atoms with Crippen LogP contribution in [0.25, 0.3) is 0 Å². The van der Waals surface area contributed by atoms with E-state index in [2.05, 4.69) is 20.8 Å². The lowest BCUT2D eigenvalue weighted by Gasteiger charge is -2.19. The van der Waals surface area contributed by atoms with Gasteiger partial charge in [0, 0.05) is 26.6 Å². The second-order valence-corrected chi connectivity index (χ2v) is 5.64. The number of aryl methyl sites for hydroxylation is 1. The minimum Gasteiger partial charge on any atom is -0.444 e. The average molecular weight is 283 g/mol. The normalized spacial score (nSPS) is 11.4. The Hall–Kier alpha value is -1.63. The van der Waals surface area contributed by atoms with Gasteiger partial charge in [-0.25, -0.2) is 4.79 Å². The number of ether oxygens (including phenoxy) is 1. The summed E-state index contributed by atoms with van der Waals surface area (Å²) >= 11 is 0. The Bertz CT molecular complexity index is 411. The Balaban J connectivity index is 1.98. The van der Waals surface area contributed by atoms with Crippen LogP contribution in [0.2, 0.25) is 0 Å². The van der Waals surface area contributed by atoms with Crippen molar-refractivity contribution >= 4 is 6.09 Å². The summed E-state index contributed by atoms with van der Waals surface area (Å²) in [7, 11) is 1.93. The molecule has 0 unspecified atom stereocenters. The zero-order valence-corrected chi connectivity index (χ0v) is 12.8. The van der Waals surface area contributed by atoms with E-state index in [0.29, 0.717) is 6.54 Å². The summed E-state index contributed by atoms with van der Waals surface area (Å²) in [4.78, 5) is 11.4. The first-order chi connectivity index (χ1) is 9.38. The van der Waals surface area contributed by atoms with Crippen LogP contribution in [0.15, 0.2) is 6.33 Å². The summed E-state index contributed by atoms with van der Waals surface area (Å²) in [6.07, 6.45) is 3.03. The van der Waals surface area contributed by atoms with Gasteiger partial charge in [0.15, 0.2) is 0 Å². The lowest BCUT2D eigenvalue weighted by Crippen LogP contribution is -2.34. The van der Waals surface area contributed by atoms with E-state index in [0.717, 1.165) is 31.8 Å². The maximum absolute atomic E-state index is 11.4. The third-order valence-electron chi connectivity index (χ3n) is 2.53. The summed E-state index contributed by atoms with van der Waals surface area (Å²) in [6.45, 7) is 7.83. The van der Waals surface area contributed by atoms with E-state index in [1.807, 2.05) is 32.4 Å². The first-order valence-electron chi connectivity index (χ1n) is 6.89. The minimum absolute atomic E-state index is 0.364. The molecule has 0 bridgehead atoms. The quantitative estimate of drug-likeness (QED) is 0.725. The van der Waals surface area contributed by atoms with Gasteiger partial charge in [-0.15, -0.1) is 10.2 Å². The molecule has 0 fully saturated rings. The molecule has 1 aromatic heterocycles. The first kappa shape index (κ1) is 16.4. The standard InChI is InChI=1S/C13H25N5O2/c1-13(2,3)20-12(19)15-8-5-7-14-9-6-11-17-16-10-18(11)4/h10,14H,5-9H2,1-4H3,(H,15,19). The van der Waals surface area contributed by atoms with Crippen LogP contribution >= 0.6 is 0 Å². The maximum Gasteiger partial charge on any atom is 0.407 e. The minimum atomic E-state index is -0.446. The molecule has 7 heteroatoms. The summed E-state index contributed by atoms with van der Waals surface area (Å²) < 4.78 is 7.05. The number of hydrogen-bond donors (Lipinski definition) is 2. The highest BCUT2D eigenvalue weighted by Crippen LogP contribution is 2.06. The fourth-order valence-corrected chi connectivity index (χ4v) is 1.58. The first-order valence-corrected chi connectivity index (χ1v) is 6.89. The van der Waals surface area contributed by atoms with E-state index in [9.17, 15) is 4.79 Å². The largest absolute Gasteiger partial charge is 0.444 e. The molecule has 0 radical (unpaired) electrons. The van der Waals surface area contributed by atoms with E-state index < -0.39 is 5.60 Å². The summed E-state index contributed by atoms with van der Waals surface area (Å²) in [5.41, 5.74) is -0.446. The molecule has 2 N–H and O–H groups in total. The van der Waals surface area contributed by atoms with Crippen molar-refractivity contribution in [1.82, 2.24) is 25.4 Å². The number of carbonyl (C=O) groups is 1. The molecule has 0 atom stereocenters. The number of hydrogen-bond acceptors (Lipinski definition) is 5. The third-order valence-corrected chi connectivity index (χ3v) is 2.53. The predicted octanol–water partition coefficient (Wildman–Crippen LogP) is 0.862. The van der Waals surface area contributed by atoms with E-state index in [-0.39, 0.29) is 6.09 Å². The lowest BCUT2D eigenvalue weighted by atomic mass is 10.2. The highest BCUT2D eigenvalue weighted by Gasteiger charge is 2.15. The van der Waals surface area contributed by atoms with Gasteiger partial charge in [-0.1, -0.05) is 0 Å². The van der Waals surface area contributed by atoms with Gasteiger partial charge < -0.3 is 19.9 Å². The van der Waals surface area contributed by atoms with Crippen molar-refractivity contribution in [3.05, 3.63) is 12.2 Å². The molecule has 114 valence electrons. The highest BCUT2D eigenvalue weighted by molar-refractivity contribution is 5.67. The average Bonchev–Trinajstić information content (AvgIpc) is 2.71. The van der Waals surface area contributed by atoms with Gasteiger partial charge in [0.2, 0.25) is 0 Å². The molecule has 0 aliphatic heterocycles. The Kier molecular flexibility index (Phi) is 6.44. The molecule has 1 rings (SSSR count).